The maximum atomic E-state index is 14.3. The summed E-state index contributed by atoms with van der Waals surface area (Å²) < 4.78 is 27.9. The van der Waals surface area contributed by atoms with E-state index in [9.17, 15) is 18.7 Å². The Morgan fingerprint density at radius 1 is 1.21 bits per heavy atom. The molecule has 2 aromatic rings. The number of aromatic nitrogens is 2. The summed E-state index contributed by atoms with van der Waals surface area (Å²) in [4.78, 5) is 19.6. The summed E-state index contributed by atoms with van der Waals surface area (Å²) in [6, 6.07) is 2.55. The second-order valence-electron chi connectivity index (χ2n) is 5.69. The van der Waals surface area contributed by atoms with Gasteiger partial charge in [-0.15, -0.1) is 0 Å². The summed E-state index contributed by atoms with van der Waals surface area (Å²) >= 11 is 0. The normalized spacial score (nSPS) is 23.2. The van der Waals surface area contributed by atoms with Crippen molar-refractivity contribution in [2.24, 2.45) is 5.73 Å². The number of hydrogen-bond acceptors (Lipinski definition) is 4. The molecule has 3 atom stereocenters. The molecule has 1 aromatic heterocycles. The number of fused-ring (bicyclic) bond motifs is 1. The zero-order chi connectivity index (χ0) is 17.3. The van der Waals surface area contributed by atoms with Gasteiger partial charge in [-0.25, -0.2) is 13.6 Å². The number of nitrogens with two attached hydrogens (primary N) is 1. The molecular formula is C16H16F2N4O2. The van der Waals surface area contributed by atoms with Crippen molar-refractivity contribution < 1.29 is 18.7 Å². The van der Waals surface area contributed by atoms with Crippen molar-refractivity contribution in [3.63, 3.8) is 0 Å². The van der Waals surface area contributed by atoms with Crippen molar-refractivity contribution in [1.82, 2.24) is 15.3 Å². The second-order valence-corrected chi connectivity index (χ2v) is 5.69. The van der Waals surface area contributed by atoms with Crippen LogP contribution in [0.1, 0.15) is 47.8 Å². The number of halogens is 2. The van der Waals surface area contributed by atoms with E-state index in [0.717, 1.165) is 6.07 Å². The SMILES string of the molecule is N[C@@H]1CC[C@H](c2cccc(F)c2F)[C@H](NC(=O)O)c2nccnc21. The van der Waals surface area contributed by atoms with Gasteiger partial charge in [0, 0.05) is 24.4 Å². The summed E-state index contributed by atoms with van der Waals surface area (Å²) in [7, 11) is 0. The molecule has 1 heterocycles. The Kier molecular flexibility index (Phi) is 4.39. The highest BCUT2D eigenvalue weighted by atomic mass is 19.2. The number of amides is 1. The van der Waals surface area contributed by atoms with Gasteiger partial charge in [0.1, 0.15) is 0 Å². The number of carbonyl (C=O) groups is 1. The summed E-state index contributed by atoms with van der Waals surface area (Å²) in [5, 5.41) is 11.5. The molecule has 3 rings (SSSR count). The highest BCUT2D eigenvalue weighted by Crippen LogP contribution is 2.41. The lowest BCUT2D eigenvalue weighted by molar-refractivity contribution is 0.186. The van der Waals surface area contributed by atoms with Crippen LogP contribution in [-0.4, -0.2) is 21.2 Å². The van der Waals surface area contributed by atoms with Crippen LogP contribution in [0, 0.1) is 11.6 Å². The third-order valence-electron chi connectivity index (χ3n) is 4.25. The minimum absolute atomic E-state index is 0.0967. The van der Waals surface area contributed by atoms with Crippen molar-refractivity contribution in [3.05, 3.63) is 59.2 Å². The average Bonchev–Trinajstić information content (AvgIpc) is 2.69. The molecule has 8 heteroatoms. The quantitative estimate of drug-likeness (QED) is 0.733. The minimum atomic E-state index is -1.28. The van der Waals surface area contributed by atoms with E-state index in [1.165, 1.54) is 24.5 Å². The second kappa shape index (κ2) is 6.48. The number of carboxylic acid groups (broad SMARTS) is 1. The van der Waals surface area contributed by atoms with E-state index in [1.807, 2.05) is 0 Å². The van der Waals surface area contributed by atoms with Gasteiger partial charge in [-0.2, -0.15) is 0 Å². The lowest BCUT2D eigenvalue weighted by Crippen LogP contribution is -2.32. The first kappa shape index (κ1) is 16.3. The van der Waals surface area contributed by atoms with E-state index in [1.54, 1.807) is 0 Å². The Morgan fingerprint density at radius 3 is 2.62 bits per heavy atom. The van der Waals surface area contributed by atoms with E-state index in [4.69, 9.17) is 5.73 Å². The lowest BCUT2D eigenvalue weighted by atomic mass is 9.86. The van der Waals surface area contributed by atoms with Crippen molar-refractivity contribution >= 4 is 6.09 Å². The summed E-state index contributed by atoms with van der Waals surface area (Å²) in [5.41, 5.74) is 7.01. The highest BCUT2D eigenvalue weighted by Gasteiger charge is 2.36. The third kappa shape index (κ3) is 2.92. The van der Waals surface area contributed by atoms with Gasteiger partial charge in [0.15, 0.2) is 11.6 Å². The maximum Gasteiger partial charge on any atom is 0.405 e. The first-order valence-corrected chi connectivity index (χ1v) is 7.48. The van der Waals surface area contributed by atoms with Gasteiger partial charge in [0.2, 0.25) is 0 Å². The lowest BCUT2D eigenvalue weighted by Gasteiger charge is -2.26. The molecule has 0 saturated carbocycles. The van der Waals surface area contributed by atoms with Crippen LogP contribution in [0.25, 0.3) is 0 Å². The monoisotopic (exact) mass is 334 g/mol. The number of hydrogen-bond donors (Lipinski definition) is 3. The smallest absolute Gasteiger partial charge is 0.405 e. The van der Waals surface area contributed by atoms with Gasteiger partial charge in [-0.1, -0.05) is 12.1 Å². The van der Waals surface area contributed by atoms with Crippen LogP contribution in [-0.2, 0) is 0 Å². The summed E-state index contributed by atoms with van der Waals surface area (Å²) in [6.45, 7) is 0. The molecular weight excluding hydrogens is 318 g/mol. The van der Waals surface area contributed by atoms with Crippen LogP contribution >= 0.6 is 0 Å². The number of benzene rings is 1. The van der Waals surface area contributed by atoms with Crippen LogP contribution in [0.3, 0.4) is 0 Å². The first-order valence-electron chi connectivity index (χ1n) is 7.48. The Bertz CT molecular complexity index is 771. The van der Waals surface area contributed by atoms with Gasteiger partial charge >= 0.3 is 6.09 Å². The Balaban J connectivity index is 2.14. The minimum Gasteiger partial charge on any atom is -0.465 e. The van der Waals surface area contributed by atoms with E-state index >= 15 is 0 Å². The number of rotatable bonds is 2. The predicted octanol–water partition coefficient (Wildman–Crippen LogP) is 2.64. The molecule has 4 N–H and O–H groups in total. The first-order chi connectivity index (χ1) is 11.5. The molecule has 0 spiro atoms. The molecule has 0 saturated heterocycles. The van der Waals surface area contributed by atoms with Gasteiger partial charge in [0.05, 0.1) is 17.4 Å². The molecule has 6 nitrogen and oxygen atoms in total. The third-order valence-corrected chi connectivity index (χ3v) is 4.25. The van der Waals surface area contributed by atoms with Crippen LogP contribution in [0.4, 0.5) is 13.6 Å². The Labute approximate surface area is 136 Å². The van der Waals surface area contributed by atoms with Crippen LogP contribution in [0.15, 0.2) is 30.6 Å². The van der Waals surface area contributed by atoms with Crippen molar-refractivity contribution in [2.45, 2.75) is 30.8 Å². The van der Waals surface area contributed by atoms with Crippen LogP contribution in [0.2, 0.25) is 0 Å². The molecule has 0 radical (unpaired) electrons. The van der Waals surface area contributed by atoms with Gasteiger partial charge in [-0.3, -0.25) is 9.97 Å². The molecule has 1 aromatic carbocycles. The Morgan fingerprint density at radius 2 is 1.92 bits per heavy atom. The topological polar surface area (TPSA) is 101 Å². The average molecular weight is 334 g/mol. The molecule has 24 heavy (non-hydrogen) atoms. The summed E-state index contributed by atoms with van der Waals surface area (Å²) in [6.07, 6.45) is 2.43. The summed E-state index contributed by atoms with van der Waals surface area (Å²) in [5.74, 6) is -2.60. The number of nitrogens with zero attached hydrogens (tertiary/aromatic N) is 2. The van der Waals surface area contributed by atoms with Crippen LogP contribution in [0.5, 0.6) is 0 Å². The fraction of sp³-hybridized carbons (Fsp3) is 0.312. The fourth-order valence-corrected chi connectivity index (χ4v) is 3.18. The largest absolute Gasteiger partial charge is 0.465 e. The molecule has 126 valence electrons. The van der Waals surface area contributed by atoms with E-state index in [2.05, 4.69) is 15.3 Å². The van der Waals surface area contributed by atoms with Gasteiger partial charge in [-0.05, 0) is 24.5 Å². The van der Waals surface area contributed by atoms with Crippen molar-refractivity contribution in [3.8, 4) is 0 Å². The van der Waals surface area contributed by atoms with E-state index < -0.39 is 35.7 Å². The predicted molar refractivity (Wildman–Crippen MR) is 81.2 cm³/mol. The molecule has 0 bridgehead atoms. The standard InChI is InChI=1S/C16H16F2N4O2/c17-10-3-1-2-8(12(10)18)9-4-5-11(19)14-15(21-7-6-20-14)13(9)22-16(23)24/h1-3,6-7,9,11,13,22H,4-5,19H2,(H,23,24)/t9-,11-,13+/m1/s1. The molecule has 1 aliphatic rings. The molecule has 0 unspecified atom stereocenters. The number of nitrogens with one attached hydrogen (secondary N) is 1. The molecule has 0 fully saturated rings. The highest BCUT2D eigenvalue weighted by molar-refractivity contribution is 5.65. The zero-order valence-corrected chi connectivity index (χ0v) is 12.6. The molecule has 1 amide bonds. The molecule has 0 aliphatic heterocycles. The van der Waals surface area contributed by atoms with E-state index in [-0.39, 0.29) is 5.56 Å². The maximum absolute atomic E-state index is 14.3. The van der Waals surface area contributed by atoms with Crippen molar-refractivity contribution in [2.75, 3.05) is 0 Å². The van der Waals surface area contributed by atoms with Crippen molar-refractivity contribution in [1.29, 1.82) is 0 Å². The Hall–Kier alpha value is -2.61. The van der Waals surface area contributed by atoms with Gasteiger partial charge in [0.25, 0.3) is 0 Å². The molecule has 1 aliphatic carbocycles. The zero-order valence-electron chi connectivity index (χ0n) is 12.6. The van der Waals surface area contributed by atoms with Gasteiger partial charge < -0.3 is 16.2 Å². The van der Waals surface area contributed by atoms with E-state index in [0.29, 0.717) is 24.2 Å². The fourth-order valence-electron chi connectivity index (χ4n) is 3.18. The van der Waals surface area contributed by atoms with Crippen LogP contribution < -0.4 is 11.1 Å².